The molecule has 1 atom stereocenters. The second kappa shape index (κ2) is 4.76. The summed E-state index contributed by atoms with van der Waals surface area (Å²) in [7, 11) is 0. The first-order valence-electron chi connectivity index (χ1n) is 5.20. The van der Waals surface area contributed by atoms with Crippen molar-refractivity contribution >= 4 is 23.6 Å². The number of carbonyl (C=O) groups is 1. The molecule has 0 aromatic heterocycles. The molecule has 0 aliphatic carbocycles. The van der Waals surface area contributed by atoms with Crippen LogP contribution in [0.5, 0.6) is 5.75 Å². The van der Waals surface area contributed by atoms with E-state index in [1.165, 1.54) is 12.1 Å². The number of carboxylic acid groups (broad SMARTS) is 1. The molecule has 7 heteroatoms. The molecule has 0 saturated heterocycles. The fraction of sp³-hybridized carbons (Fsp3) is 0.154. The summed E-state index contributed by atoms with van der Waals surface area (Å²) in [5.41, 5.74) is -0.683. The third-order valence-electron chi connectivity index (χ3n) is 2.60. The number of carboxylic acids is 1. The van der Waals surface area contributed by atoms with Gasteiger partial charge in [0, 0.05) is 16.7 Å². The number of terminal acetylenes is 1. The molecule has 0 saturated carbocycles. The van der Waals surface area contributed by atoms with Crippen molar-refractivity contribution in [2.75, 3.05) is 0 Å². The van der Waals surface area contributed by atoms with Crippen molar-refractivity contribution in [3.8, 4) is 18.1 Å². The summed E-state index contributed by atoms with van der Waals surface area (Å²) >= 11 is 5.79. The average molecular weight is 302 g/mol. The molecule has 1 aliphatic rings. The standard InChI is InChI=1S/C13H6ClF3O3/c1-2-6-3-7-5-8(12(18)19)11(13(15,16)17)20-10(7)9(14)4-6/h1,3-5,11H,(H,18,19)/p-1. The third-order valence-corrected chi connectivity index (χ3v) is 2.88. The lowest BCUT2D eigenvalue weighted by Crippen LogP contribution is -2.44. The molecule has 0 N–H and O–H groups in total. The van der Waals surface area contributed by atoms with E-state index in [9.17, 15) is 23.1 Å². The Morgan fingerprint density at radius 1 is 1.45 bits per heavy atom. The minimum Gasteiger partial charge on any atom is -0.545 e. The molecular weight excluding hydrogens is 297 g/mol. The molecule has 1 heterocycles. The summed E-state index contributed by atoms with van der Waals surface area (Å²) < 4.78 is 43.1. The van der Waals surface area contributed by atoms with Crippen LogP contribution in [0.2, 0.25) is 5.02 Å². The van der Waals surface area contributed by atoms with Gasteiger partial charge in [-0.2, -0.15) is 13.2 Å². The SMILES string of the molecule is C#Cc1cc(Cl)c2c(c1)C=C(C(=O)[O-])C(C(F)(F)F)O2. The Morgan fingerprint density at radius 2 is 2.10 bits per heavy atom. The normalized spacial score (nSPS) is 17.6. The molecule has 0 fully saturated rings. The van der Waals surface area contributed by atoms with E-state index in [-0.39, 0.29) is 21.9 Å². The zero-order valence-electron chi connectivity index (χ0n) is 9.62. The van der Waals surface area contributed by atoms with Crippen LogP contribution in [0.3, 0.4) is 0 Å². The summed E-state index contributed by atoms with van der Waals surface area (Å²) in [5.74, 6) is 0.0111. The van der Waals surface area contributed by atoms with Crippen LogP contribution in [0, 0.1) is 12.3 Å². The van der Waals surface area contributed by atoms with Crippen LogP contribution in [-0.2, 0) is 4.79 Å². The number of benzene rings is 1. The maximum absolute atomic E-state index is 12.8. The number of rotatable bonds is 1. The molecule has 20 heavy (non-hydrogen) atoms. The molecule has 1 aromatic rings. The summed E-state index contributed by atoms with van der Waals surface area (Å²) in [6, 6.07) is 2.56. The maximum Gasteiger partial charge on any atom is 0.429 e. The molecule has 1 aromatic carbocycles. The minimum atomic E-state index is -4.91. The van der Waals surface area contributed by atoms with Crippen LogP contribution >= 0.6 is 11.6 Å². The van der Waals surface area contributed by atoms with Crippen LogP contribution in [0.4, 0.5) is 13.2 Å². The smallest absolute Gasteiger partial charge is 0.429 e. The zero-order valence-corrected chi connectivity index (χ0v) is 10.4. The first-order valence-corrected chi connectivity index (χ1v) is 5.58. The molecule has 1 unspecified atom stereocenters. The Labute approximate surface area is 116 Å². The van der Waals surface area contributed by atoms with Crippen LogP contribution in [0.15, 0.2) is 17.7 Å². The number of fused-ring (bicyclic) bond motifs is 1. The van der Waals surface area contributed by atoms with Crippen molar-refractivity contribution in [1.29, 1.82) is 0 Å². The lowest BCUT2D eigenvalue weighted by molar-refractivity contribution is -0.302. The van der Waals surface area contributed by atoms with Crippen molar-refractivity contribution in [1.82, 2.24) is 0 Å². The van der Waals surface area contributed by atoms with Gasteiger partial charge in [-0.15, -0.1) is 6.42 Å². The number of halogens is 4. The fourth-order valence-electron chi connectivity index (χ4n) is 1.76. The molecule has 0 bridgehead atoms. The molecule has 1 aliphatic heterocycles. The Hall–Kier alpha value is -2.13. The van der Waals surface area contributed by atoms with Gasteiger partial charge in [0.25, 0.3) is 0 Å². The highest BCUT2D eigenvalue weighted by Gasteiger charge is 2.46. The van der Waals surface area contributed by atoms with Crippen molar-refractivity contribution in [2.24, 2.45) is 0 Å². The number of ether oxygens (including phenoxy) is 1. The van der Waals surface area contributed by atoms with Crippen molar-refractivity contribution in [3.63, 3.8) is 0 Å². The van der Waals surface area contributed by atoms with Crippen LogP contribution in [0.1, 0.15) is 11.1 Å². The van der Waals surface area contributed by atoms with Crippen LogP contribution < -0.4 is 9.84 Å². The van der Waals surface area contributed by atoms with E-state index in [4.69, 9.17) is 18.0 Å². The largest absolute Gasteiger partial charge is 0.545 e. The monoisotopic (exact) mass is 301 g/mol. The van der Waals surface area contributed by atoms with E-state index in [1.54, 1.807) is 0 Å². The Bertz CT molecular complexity index is 656. The predicted octanol–water partition coefficient (Wildman–Crippen LogP) is 1.78. The first kappa shape index (κ1) is 14.3. The van der Waals surface area contributed by atoms with Gasteiger partial charge in [0.15, 0.2) is 0 Å². The van der Waals surface area contributed by atoms with Crippen molar-refractivity contribution < 1.29 is 27.8 Å². The Kier molecular flexibility index (Phi) is 3.40. The highest BCUT2D eigenvalue weighted by Crippen LogP contribution is 2.41. The summed E-state index contributed by atoms with van der Waals surface area (Å²) in [6.45, 7) is 0. The number of hydrogen-bond acceptors (Lipinski definition) is 3. The van der Waals surface area contributed by atoms with E-state index < -0.39 is 23.8 Å². The van der Waals surface area contributed by atoms with E-state index in [0.717, 1.165) is 6.08 Å². The molecule has 0 spiro atoms. The van der Waals surface area contributed by atoms with Gasteiger partial charge in [0.05, 0.1) is 11.0 Å². The fourth-order valence-corrected chi connectivity index (χ4v) is 2.03. The summed E-state index contributed by atoms with van der Waals surface area (Å²) in [4.78, 5) is 10.8. The Morgan fingerprint density at radius 3 is 2.60 bits per heavy atom. The van der Waals surface area contributed by atoms with E-state index in [1.807, 2.05) is 0 Å². The maximum atomic E-state index is 12.8. The van der Waals surface area contributed by atoms with Crippen molar-refractivity contribution in [3.05, 3.63) is 33.9 Å². The number of aliphatic carboxylic acids is 1. The molecule has 3 nitrogen and oxygen atoms in total. The molecule has 0 radical (unpaired) electrons. The highest BCUT2D eigenvalue weighted by atomic mass is 35.5. The van der Waals surface area contributed by atoms with E-state index in [0.29, 0.717) is 0 Å². The van der Waals surface area contributed by atoms with Gasteiger partial charge >= 0.3 is 6.18 Å². The highest BCUT2D eigenvalue weighted by molar-refractivity contribution is 6.32. The topological polar surface area (TPSA) is 49.4 Å². The lowest BCUT2D eigenvalue weighted by Gasteiger charge is -2.29. The number of carbonyl (C=O) groups excluding carboxylic acids is 1. The van der Waals surface area contributed by atoms with Gasteiger partial charge in [-0.3, -0.25) is 0 Å². The summed E-state index contributed by atoms with van der Waals surface area (Å²) in [5, 5.41) is 10.7. The first-order chi connectivity index (χ1) is 9.24. The Balaban J connectivity index is 2.63. The second-order valence-corrected chi connectivity index (χ2v) is 4.35. The van der Waals surface area contributed by atoms with Crippen LogP contribution in [0.25, 0.3) is 6.08 Å². The van der Waals surface area contributed by atoms with Gasteiger partial charge in [0.1, 0.15) is 5.75 Å². The molecule has 0 amide bonds. The van der Waals surface area contributed by atoms with Crippen LogP contribution in [-0.4, -0.2) is 18.2 Å². The third kappa shape index (κ3) is 2.45. The predicted molar refractivity (Wildman–Crippen MR) is 62.8 cm³/mol. The number of hydrogen-bond donors (Lipinski definition) is 0. The molecule has 104 valence electrons. The van der Waals surface area contributed by atoms with Gasteiger partial charge < -0.3 is 14.6 Å². The van der Waals surface area contributed by atoms with Gasteiger partial charge in [0.2, 0.25) is 6.10 Å². The molecular formula is C13H5ClF3O3-. The minimum absolute atomic E-state index is 0.0603. The molecule has 2 rings (SSSR count). The second-order valence-electron chi connectivity index (χ2n) is 3.95. The lowest BCUT2D eigenvalue weighted by atomic mass is 9.99. The number of alkyl halides is 3. The quantitative estimate of drug-likeness (QED) is 0.743. The summed E-state index contributed by atoms with van der Waals surface area (Å²) in [6.07, 6.45) is -1.57. The average Bonchev–Trinajstić information content (AvgIpc) is 2.35. The zero-order chi connectivity index (χ0) is 15.1. The van der Waals surface area contributed by atoms with Gasteiger partial charge in [-0.25, -0.2) is 0 Å². The van der Waals surface area contributed by atoms with Gasteiger partial charge in [-0.1, -0.05) is 17.5 Å². The van der Waals surface area contributed by atoms with Gasteiger partial charge in [-0.05, 0) is 18.2 Å². The van der Waals surface area contributed by atoms with Crippen molar-refractivity contribution in [2.45, 2.75) is 12.3 Å². The van der Waals surface area contributed by atoms with E-state index in [2.05, 4.69) is 10.7 Å². The van der Waals surface area contributed by atoms with E-state index >= 15 is 0 Å².